The first-order valence-corrected chi connectivity index (χ1v) is 6.99. The van der Waals surface area contributed by atoms with E-state index in [1.54, 1.807) is 0 Å². The van der Waals surface area contributed by atoms with Crippen LogP contribution in [-0.2, 0) is 11.2 Å². The Morgan fingerprint density at radius 2 is 1.83 bits per heavy atom. The Morgan fingerprint density at radius 3 is 2.44 bits per heavy atom. The molecule has 2 rings (SSSR count). The van der Waals surface area contributed by atoms with Gasteiger partial charge in [-0.3, -0.25) is 4.79 Å². The summed E-state index contributed by atoms with van der Waals surface area (Å²) < 4.78 is 0. The summed E-state index contributed by atoms with van der Waals surface area (Å²) in [5.74, 6) is 0.359. The summed E-state index contributed by atoms with van der Waals surface area (Å²) >= 11 is 0. The van der Waals surface area contributed by atoms with Gasteiger partial charge in [-0.2, -0.15) is 0 Å². The molecule has 0 spiro atoms. The molecule has 1 aromatic rings. The highest BCUT2D eigenvalue weighted by Crippen LogP contribution is 2.31. The third-order valence-electron chi connectivity index (χ3n) is 4.12. The lowest BCUT2D eigenvalue weighted by molar-refractivity contribution is -0.120. The molecule has 0 unspecified atom stereocenters. The molecule has 0 saturated heterocycles. The van der Waals surface area contributed by atoms with E-state index in [-0.39, 0.29) is 5.54 Å². The highest BCUT2D eigenvalue weighted by molar-refractivity contribution is 5.82. The quantitative estimate of drug-likeness (QED) is 0.863. The first-order valence-electron chi connectivity index (χ1n) is 6.99. The number of ketones is 1. The fourth-order valence-electron chi connectivity index (χ4n) is 3.01. The number of Topliss-reactive ketones (excluding diaryl/α,β-unsaturated/α-hetero) is 1. The Bertz CT molecular complexity index is 379. The van der Waals surface area contributed by atoms with Gasteiger partial charge in [0.15, 0.2) is 0 Å². The van der Waals surface area contributed by atoms with E-state index in [0.717, 1.165) is 18.4 Å². The van der Waals surface area contributed by atoms with Gasteiger partial charge in [0.05, 0.1) is 0 Å². The fourth-order valence-corrected chi connectivity index (χ4v) is 3.01. The van der Waals surface area contributed by atoms with Crippen LogP contribution < -0.4 is 5.32 Å². The predicted octanol–water partition coefficient (Wildman–Crippen LogP) is 3.11. The summed E-state index contributed by atoms with van der Waals surface area (Å²) in [6.07, 6.45) is 7.35. The standard InChI is InChI=1S/C16H23NO/c1-17-16(10-6-3-7-11-16)13-15(18)12-14-8-4-2-5-9-14/h2,4-5,8-9,17H,3,6-7,10-13H2,1H3. The number of carbonyl (C=O) groups is 1. The molecule has 0 radical (unpaired) electrons. The van der Waals surface area contributed by atoms with Gasteiger partial charge in [0, 0.05) is 18.4 Å². The van der Waals surface area contributed by atoms with Gasteiger partial charge in [-0.15, -0.1) is 0 Å². The molecule has 0 atom stereocenters. The number of hydrogen-bond acceptors (Lipinski definition) is 2. The molecule has 1 aromatic carbocycles. The minimum atomic E-state index is 0.0735. The van der Waals surface area contributed by atoms with E-state index in [9.17, 15) is 4.79 Å². The number of nitrogens with one attached hydrogen (secondary N) is 1. The Kier molecular flexibility index (Phi) is 4.54. The van der Waals surface area contributed by atoms with Crippen molar-refractivity contribution in [3.05, 3.63) is 35.9 Å². The molecule has 0 aromatic heterocycles. The largest absolute Gasteiger partial charge is 0.314 e. The van der Waals surface area contributed by atoms with Crippen LogP contribution in [-0.4, -0.2) is 18.4 Å². The normalized spacial score (nSPS) is 18.5. The van der Waals surface area contributed by atoms with Crippen LogP contribution in [0.2, 0.25) is 0 Å². The minimum absolute atomic E-state index is 0.0735. The first kappa shape index (κ1) is 13.3. The molecule has 98 valence electrons. The van der Waals surface area contributed by atoms with Gasteiger partial charge in [0.2, 0.25) is 0 Å². The van der Waals surface area contributed by atoms with Crippen molar-refractivity contribution in [2.24, 2.45) is 0 Å². The highest BCUT2D eigenvalue weighted by atomic mass is 16.1. The zero-order valence-electron chi connectivity index (χ0n) is 11.2. The molecule has 1 saturated carbocycles. The van der Waals surface area contributed by atoms with Crippen molar-refractivity contribution >= 4 is 5.78 Å². The maximum Gasteiger partial charge on any atom is 0.139 e. The number of benzene rings is 1. The monoisotopic (exact) mass is 245 g/mol. The van der Waals surface area contributed by atoms with Gasteiger partial charge < -0.3 is 5.32 Å². The second kappa shape index (κ2) is 6.14. The Hall–Kier alpha value is -1.15. The summed E-state index contributed by atoms with van der Waals surface area (Å²) in [7, 11) is 2.00. The number of rotatable bonds is 5. The van der Waals surface area contributed by atoms with E-state index in [2.05, 4.69) is 5.32 Å². The molecular formula is C16H23NO. The lowest BCUT2D eigenvalue weighted by Crippen LogP contribution is -2.46. The Labute approximate surface area is 110 Å². The smallest absolute Gasteiger partial charge is 0.139 e. The SMILES string of the molecule is CNC1(CC(=O)Cc2ccccc2)CCCCC1. The van der Waals surface area contributed by atoms with E-state index in [0.29, 0.717) is 18.6 Å². The number of carbonyl (C=O) groups excluding carboxylic acids is 1. The second-order valence-electron chi connectivity index (χ2n) is 5.47. The van der Waals surface area contributed by atoms with Gasteiger partial charge in [-0.1, -0.05) is 49.6 Å². The maximum absolute atomic E-state index is 12.2. The van der Waals surface area contributed by atoms with Crippen LogP contribution in [0.1, 0.15) is 44.1 Å². The van der Waals surface area contributed by atoms with Crippen molar-refractivity contribution < 1.29 is 4.79 Å². The molecule has 0 aliphatic heterocycles. The van der Waals surface area contributed by atoms with Gasteiger partial charge in [-0.25, -0.2) is 0 Å². The second-order valence-corrected chi connectivity index (χ2v) is 5.47. The van der Waals surface area contributed by atoms with Crippen molar-refractivity contribution in [2.45, 2.75) is 50.5 Å². The molecule has 1 aliphatic rings. The molecule has 2 nitrogen and oxygen atoms in total. The molecule has 0 bridgehead atoms. The summed E-state index contributed by atoms with van der Waals surface area (Å²) in [5.41, 5.74) is 1.20. The van der Waals surface area contributed by atoms with Gasteiger partial charge in [0.1, 0.15) is 5.78 Å². The molecule has 0 amide bonds. The molecule has 18 heavy (non-hydrogen) atoms. The molecule has 1 aliphatic carbocycles. The van der Waals surface area contributed by atoms with Crippen LogP contribution in [0.5, 0.6) is 0 Å². The van der Waals surface area contributed by atoms with E-state index < -0.39 is 0 Å². The summed E-state index contributed by atoms with van der Waals surface area (Å²) in [5, 5.41) is 3.41. The topological polar surface area (TPSA) is 29.1 Å². The van der Waals surface area contributed by atoms with Crippen LogP contribution in [0.3, 0.4) is 0 Å². The average molecular weight is 245 g/mol. The minimum Gasteiger partial charge on any atom is -0.314 e. The number of hydrogen-bond donors (Lipinski definition) is 1. The molecule has 1 fully saturated rings. The molecule has 1 N–H and O–H groups in total. The van der Waals surface area contributed by atoms with E-state index in [1.165, 1.54) is 19.3 Å². The van der Waals surface area contributed by atoms with Gasteiger partial charge in [0.25, 0.3) is 0 Å². The van der Waals surface area contributed by atoms with E-state index in [4.69, 9.17) is 0 Å². The van der Waals surface area contributed by atoms with Crippen molar-refractivity contribution in [3.8, 4) is 0 Å². The third-order valence-corrected chi connectivity index (χ3v) is 4.12. The zero-order valence-corrected chi connectivity index (χ0v) is 11.2. The average Bonchev–Trinajstić information content (AvgIpc) is 2.41. The van der Waals surface area contributed by atoms with Gasteiger partial charge in [-0.05, 0) is 25.5 Å². The molecule has 0 heterocycles. The Morgan fingerprint density at radius 1 is 1.17 bits per heavy atom. The Balaban J connectivity index is 1.93. The van der Waals surface area contributed by atoms with Crippen LogP contribution in [0.25, 0.3) is 0 Å². The van der Waals surface area contributed by atoms with Crippen LogP contribution in [0.4, 0.5) is 0 Å². The highest BCUT2D eigenvalue weighted by Gasteiger charge is 2.32. The summed E-state index contributed by atoms with van der Waals surface area (Å²) in [6, 6.07) is 10.0. The lowest BCUT2D eigenvalue weighted by atomic mass is 9.78. The lowest BCUT2D eigenvalue weighted by Gasteiger charge is -2.36. The molecular weight excluding hydrogens is 222 g/mol. The fraction of sp³-hybridized carbons (Fsp3) is 0.562. The van der Waals surface area contributed by atoms with E-state index in [1.807, 2.05) is 37.4 Å². The summed E-state index contributed by atoms with van der Waals surface area (Å²) in [6.45, 7) is 0. The van der Waals surface area contributed by atoms with Crippen molar-refractivity contribution in [3.63, 3.8) is 0 Å². The zero-order chi connectivity index (χ0) is 12.8. The van der Waals surface area contributed by atoms with Crippen LogP contribution in [0, 0.1) is 0 Å². The first-order chi connectivity index (χ1) is 8.74. The maximum atomic E-state index is 12.2. The van der Waals surface area contributed by atoms with Crippen LogP contribution in [0.15, 0.2) is 30.3 Å². The van der Waals surface area contributed by atoms with Crippen molar-refractivity contribution in [1.82, 2.24) is 5.32 Å². The predicted molar refractivity (Wildman–Crippen MR) is 74.6 cm³/mol. The van der Waals surface area contributed by atoms with E-state index >= 15 is 0 Å². The van der Waals surface area contributed by atoms with Gasteiger partial charge >= 0.3 is 0 Å². The van der Waals surface area contributed by atoms with Crippen LogP contribution >= 0.6 is 0 Å². The summed E-state index contributed by atoms with van der Waals surface area (Å²) in [4.78, 5) is 12.2. The molecule has 2 heteroatoms. The van der Waals surface area contributed by atoms with Crippen molar-refractivity contribution in [1.29, 1.82) is 0 Å². The third kappa shape index (κ3) is 3.42. The van der Waals surface area contributed by atoms with Crippen molar-refractivity contribution in [2.75, 3.05) is 7.05 Å².